The van der Waals surface area contributed by atoms with E-state index in [0.29, 0.717) is 26.4 Å². The van der Waals surface area contributed by atoms with Crippen LogP contribution in [0.4, 0.5) is 0 Å². The number of aliphatic imine (C=N–C) groups is 1. The number of likely N-dealkylation sites (tertiary alicyclic amines) is 1. The van der Waals surface area contributed by atoms with E-state index in [1.807, 2.05) is 37.3 Å². The van der Waals surface area contributed by atoms with E-state index < -0.39 is 0 Å². The zero-order chi connectivity index (χ0) is 22.6. The van der Waals surface area contributed by atoms with E-state index >= 15 is 0 Å². The SMILES string of the molecule is CCNC(=NCc1ccccc1COCc1ccccc1)N1CCC(C(=O)OCC)CC1.I. The number of ether oxygens (including phenoxy) is 2. The van der Waals surface area contributed by atoms with Gasteiger partial charge in [0.15, 0.2) is 5.96 Å². The minimum Gasteiger partial charge on any atom is -0.466 e. The van der Waals surface area contributed by atoms with Gasteiger partial charge in [0, 0.05) is 19.6 Å². The molecule has 0 aliphatic carbocycles. The summed E-state index contributed by atoms with van der Waals surface area (Å²) in [5, 5.41) is 3.40. The van der Waals surface area contributed by atoms with Crippen molar-refractivity contribution in [2.75, 3.05) is 26.2 Å². The van der Waals surface area contributed by atoms with Crippen molar-refractivity contribution in [3.05, 3.63) is 71.3 Å². The number of rotatable bonds is 9. The van der Waals surface area contributed by atoms with Crippen molar-refractivity contribution in [2.24, 2.45) is 10.9 Å². The predicted octanol–water partition coefficient (Wildman–Crippen LogP) is 4.76. The molecule has 0 amide bonds. The summed E-state index contributed by atoms with van der Waals surface area (Å²) in [5.74, 6) is 0.824. The van der Waals surface area contributed by atoms with Crippen LogP contribution in [-0.2, 0) is 34.0 Å². The lowest BCUT2D eigenvalue weighted by Gasteiger charge is -2.33. The largest absolute Gasteiger partial charge is 0.466 e. The van der Waals surface area contributed by atoms with E-state index in [4.69, 9.17) is 14.5 Å². The monoisotopic (exact) mass is 565 g/mol. The summed E-state index contributed by atoms with van der Waals surface area (Å²) in [6.07, 6.45) is 1.60. The molecular formula is C26H36IN3O3. The normalized spacial score (nSPS) is 14.5. The van der Waals surface area contributed by atoms with E-state index in [2.05, 4.69) is 41.4 Å². The van der Waals surface area contributed by atoms with Crippen LogP contribution in [0.5, 0.6) is 0 Å². The molecule has 1 fully saturated rings. The number of hydrogen-bond acceptors (Lipinski definition) is 4. The van der Waals surface area contributed by atoms with Gasteiger partial charge in [-0.15, -0.1) is 24.0 Å². The second-order valence-corrected chi connectivity index (χ2v) is 7.93. The average molecular weight is 565 g/mol. The van der Waals surface area contributed by atoms with Gasteiger partial charge >= 0.3 is 5.97 Å². The second-order valence-electron chi connectivity index (χ2n) is 7.93. The quantitative estimate of drug-likeness (QED) is 0.206. The summed E-state index contributed by atoms with van der Waals surface area (Å²) in [6.45, 7) is 8.52. The summed E-state index contributed by atoms with van der Waals surface area (Å²) in [4.78, 5) is 19.2. The number of nitrogens with zero attached hydrogens (tertiary/aromatic N) is 2. The van der Waals surface area contributed by atoms with Crippen molar-refractivity contribution in [1.82, 2.24) is 10.2 Å². The first kappa shape index (κ1) is 27.1. The molecule has 2 aromatic rings. The van der Waals surface area contributed by atoms with E-state index in [1.54, 1.807) is 0 Å². The molecule has 1 aliphatic heterocycles. The van der Waals surface area contributed by atoms with Crippen LogP contribution in [0.15, 0.2) is 59.6 Å². The number of carbonyl (C=O) groups is 1. The molecule has 33 heavy (non-hydrogen) atoms. The van der Waals surface area contributed by atoms with Crippen LogP contribution in [-0.4, -0.2) is 43.1 Å². The molecule has 0 bridgehead atoms. The number of benzene rings is 2. The van der Waals surface area contributed by atoms with Crippen LogP contribution in [0.3, 0.4) is 0 Å². The Kier molecular flexibility index (Phi) is 12.2. The number of piperidine rings is 1. The van der Waals surface area contributed by atoms with Crippen molar-refractivity contribution in [1.29, 1.82) is 0 Å². The van der Waals surface area contributed by atoms with Crippen LogP contribution in [0, 0.1) is 5.92 Å². The molecule has 1 aliphatic rings. The van der Waals surface area contributed by atoms with Crippen LogP contribution < -0.4 is 5.32 Å². The van der Waals surface area contributed by atoms with Crippen LogP contribution >= 0.6 is 24.0 Å². The zero-order valence-electron chi connectivity index (χ0n) is 19.7. The molecule has 0 spiro atoms. The van der Waals surface area contributed by atoms with Crippen LogP contribution in [0.25, 0.3) is 0 Å². The summed E-state index contributed by atoms with van der Waals surface area (Å²) < 4.78 is 11.1. The Labute approximate surface area is 214 Å². The van der Waals surface area contributed by atoms with Gasteiger partial charge in [0.25, 0.3) is 0 Å². The molecule has 1 heterocycles. The topological polar surface area (TPSA) is 63.2 Å². The third-order valence-electron chi connectivity index (χ3n) is 5.64. The minimum absolute atomic E-state index is 0. The third-order valence-corrected chi connectivity index (χ3v) is 5.64. The number of nitrogens with one attached hydrogen (secondary N) is 1. The van der Waals surface area contributed by atoms with Crippen molar-refractivity contribution < 1.29 is 14.3 Å². The molecule has 0 unspecified atom stereocenters. The number of esters is 1. The van der Waals surface area contributed by atoms with Gasteiger partial charge in [0.05, 0.1) is 32.3 Å². The molecule has 0 radical (unpaired) electrons. The Morgan fingerprint density at radius 3 is 2.33 bits per heavy atom. The first-order valence-electron chi connectivity index (χ1n) is 11.6. The number of halogens is 1. The maximum absolute atomic E-state index is 12.0. The van der Waals surface area contributed by atoms with Gasteiger partial charge in [-0.3, -0.25) is 4.79 Å². The molecule has 180 valence electrons. The molecule has 0 saturated carbocycles. The zero-order valence-corrected chi connectivity index (χ0v) is 22.0. The molecule has 2 aromatic carbocycles. The molecule has 3 rings (SSSR count). The first-order valence-corrected chi connectivity index (χ1v) is 11.6. The van der Waals surface area contributed by atoms with Gasteiger partial charge in [0.1, 0.15) is 0 Å². The highest BCUT2D eigenvalue weighted by Crippen LogP contribution is 2.19. The van der Waals surface area contributed by atoms with Crippen molar-refractivity contribution in [2.45, 2.75) is 46.4 Å². The standard InChI is InChI=1S/C26H35N3O3.HI/c1-3-27-26(29-16-14-22(15-17-29)25(30)32-4-2)28-18-23-12-8-9-13-24(23)20-31-19-21-10-6-5-7-11-21;/h5-13,22H,3-4,14-20H2,1-2H3,(H,27,28);1H. The van der Waals surface area contributed by atoms with Gasteiger partial charge in [0.2, 0.25) is 0 Å². The highest BCUT2D eigenvalue weighted by Gasteiger charge is 2.27. The Bertz CT molecular complexity index is 868. The fraction of sp³-hybridized carbons (Fsp3) is 0.462. The first-order chi connectivity index (χ1) is 15.7. The van der Waals surface area contributed by atoms with Gasteiger partial charge in [-0.25, -0.2) is 4.99 Å². The lowest BCUT2D eigenvalue weighted by Crippen LogP contribution is -2.46. The van der Waals surface area contributed by atoms with Crippen LogP contribution in [0.1, 0.15) is 43.4 Å². The van der Waals surface area contributed by atoms with E-state index in [1.165, 1.54) is 5.56 Å². The number of carbonyl (C=O) groups excluding carboxylic acids is 1. The summed E-state index contributed by atoms with van der Waals surface area (Å²) in [6, 6.07) is 18.5. The average Bonchev–Trinajstić information content (AvgIpc) is 2.83. The fourth-order valence-corrected chi connectivity index (χ4v) is 3.88. The lowest BCUT2D eigenvalue weighted by molar-refractivity contribution is -0.149. The van der Waals surface area contributed by atoms with E-state index in [9.17, 15) is 4.79 Å². The Hall–Kier alpha value is -2.13. The number of hydrogen-bond donors (Lipinski definition) is 1. The van der Waals surface area contributed by atoms with Gasteiger partial charge in [-0.2, -0.15) is 0 Å². The molecule has 1 saturated heterocycles. The van der Waals surface area contributed by atoms with Crippen molar-refractivity contribution in [3.8, 4) is 0 Å². The van der Waals surface area contributed by atoms with E-state index in [-0.39, 0.29) is 35.9 Å². The molecule has 0 aromatic heterocycles. The van der Waals surface area contributed by atoms with Crippen molar-refractivity contribution in [3.63, 3.8) is 0 Å². The molecular weight excluding hydrogens is 529 g/mol. The fourth-order valence-electron chi connectivity index (χ4n) is 3.88. The van der Waals surface area contributed by atoms with Gasteiger partial charge in [-0.05, 0) is 43.4 Å². The highest BCUT2D eigenvalue weighted by atomic mass is 127. The lowest BCUT2D eigenvalue weighted by atomic mass is 9.97. The molecule has 7 heteroatoms. The highest BCUT2D eigenvalue weighted by molar-refractivity contribution is 14.0. The Morgan fingerprint density at radius 1 is 1.00 bits per heavy atom. The summed E-state index contributed by atoms with van der Waals surface area (Å²) >= 11 is 0. The van der Waals surface area contributed by atoms with Gasteiger partial charge in [-0.1, -0.05) is 54.6 Å². The number of guanidine groups is 1. The molecule has 0 atom stereocenters. The molecule has 6 nitrogen and oxygen atoms in total. The Morgan fingerprint density at radius 2 is 1.67 bits per heavy atom. The van der Waals surface area contributed by atoms with E-state index in [0.717, 1.165) is 49.6 Å². The minimum atomic E-state index is -0.0708. The summed E-state index contributed by atoms with van der Waals surface area (Å²) in [5.41, 5.74) is 3.49. The maximum Gasteiger partial charge on any atom is 0.309 e. The second kappa shape index (κ2) is 14.9. The Balaban J connectivity index is 0.00000385. The third kappa shape index (κ3) is 8.62. The smallest absolute Gasteiger partial charge is 0.309 e. The molecule has 1 N–H and O–H groups in total. The maximum atomic E-state index is 12.0. The summed E-state index contributed by atoms with van der Waals surface area (Å²) in [7, 11) is 0. The van der Waals surface area contributed by atoms with Gasteiger partial charge < -0.3 is 19.7 Å². The van der Waals surface area contributed by atoms with Crippen LogP contribution in [0.2, 0.25) is 0 Å². The van der Waals surface area contributed by atoms with Crippen molar-refractivity contribution >= 4 is 35.9 Å². The predicted molar refractivity (Wildman–Crippen MR) is 143 cm³/mol.